The topological polar surface area (TPSA) is 55.0 Å². The van der Waals surface area contributed by atoms with Crippen molar-refractivity contribution in [3.8, 4) is 0 Å². The molecule has 1 fully saturated rings. The van der Waals surface area contributed by atoms with E-state index in [4.69, 9.17) is 5.73 Å². The van der Waals surface area contributed by atoms with Crippen LogP contribution in [0.4, 0.5) is 5.95 Å². The highest BCUT2D eigenvalue weighted by Crippen LogP contribution is 2.30. The smallest absolute Gasteiger partial charge is 0.225 e. The molecule has 1 aliphatic carbocycles. The van der Waals surface area contributed by atoms with Crippen molar-refractivity contribution in [2.45, 2.75) is 45.6 Å². The molecule has 0 spiro atoms. The Morgan fingerprint density at radius 2 is 2.00 bits per heavy atom. The third-order valence-corrected chi connectivity index (χ3v) is 3.32. The molecular formula is C14H24N4. The van der Waals surface area contributed by atoms with Gasteiger partial charge in [-0.05, 0) is 43.7 Å². The molecule has 18 heavy (non-hydrogen) atoms. The minimum atomic E-state index is 0.655. The number of hydrogen-bond acceptors (Lipinski definition) is 4. The standard InChI is InChI=1S/C14H24N4/c1-11(2)6-8-18(13-3-4-13)14-16-9-12(5-7-15)10-17-14/h9-11,13H,3-8,15H2,1-2H3. The first-order chi connectivity index (χ1) is 8.70. The molecule has 2 rings (SSSR count). The van der Waals surface area contributed by atoms with Gasteiger partial charge in [0, 0.05) is 25.0 Å². The van der Waals surface area contributed by atoms with Crippen molar-refractivity contribution in [3.63, 3.8) is 0 Å². The summed E-state index contributed by atoms with van der Waals surface area (Å²) in [6, 6.07) is 0.670. The summed E-state index contributed by atoms with van der Waals surface area (Å²) in [7, 11) is 0. The summed E-state index contributed by atoms with van der Waals surface area (Å²) in [5, 5.41) is 0. The lowest BCUT2D eigenvalue weighted by Crippen LogP contribution is -2.29. The van der Waals surface area contributed by atoms with Crippen LogP contribution in [0.3, 0.4) is 0 Å². The molecule has 0 amide bonds. The third-order valence-electron chi connectivity index (χ3n) is 3.32. The van der Waals surface area contributed by atoms with Crippen LogP contribution < -0.4 is 10.6 Å². The minimum absolute atomic E-state index is 0.655. The van der Waals surface area contributed by atoms with Gasteiger partial charge in [0.15, 0.2) is 0 Å². The predicted molar refractivity (Wildman–Crippen MR) is 74.6 cm³/mol. The molecule has 1 aliphatic rings. The SMILES string of the molecule is CC(C)CCN(c1ncc(CCN)cn1)C1CC1. The number of nitrogens with two attached hydrogens (primary N) is 1. The van der Waals surface area contributed by atoms with Crippen LogP contribution in [-0.4, -0.2) is 29.1 Å². The van der Waals surface area contributed by atoms with Crippen molar-refractivity contribution < 1.29 is 0 Å². The van der Waals surface area contributed by atoms with Gasteiger partial charge in [-0.2, -0.15) is 0 Å². The number of nitrogens with zero attached hydrogens (tertiary/aromatic N) is 3. The van der Waals surface area contributed by atoms with Gasteiger partial charge in [-0.25, -0.2) is 9.97 Å². The van der Waals surface area contributed by atoms with E-state index in [-0.39, 0.29) is 0 Å². The molecule has 2 N–H and O–H groups in total. The van der Waals surface area contributed by atoms with E-state index < -0.39 is 0 Å². The van der Waals surface area contributed by atoms with E-state index in [2.05, 4.69) is 28.7 Å². The molecular weight excluding hydrogens is 224 g/mol. The van der Waals surface area contributed by atoms with Crippen LogP contribution in [0.25, 0.3) is 0 Å². The summed E-state index contributed by atoms with van der Waals surface area (Å²) in [5.74, 6) is 1.61. The van der Waals surface area contributed by atoms with Crippen molar-refractivity contribution >= 4 is 5.95 Å². The Labute approximate surface area is 110 Å². The highest BCUT2D eigenvalue weighted by Gasteiger charge is 2.30. The largest absolute Gasteiger partial charge is 0.338 e. The lowest BCUT2D eigenvalue weighted by molar-refractivity contribution is 0.565. The summed E-state index contributed by atoms with van der Waals surface area (Å²) in [5.41, 5.74) is 6.66. The van der Waals surface area contributed by atoms with Gasteiger partial charge >= 0.3 is 0 Å². The van der Waals surface area contributed by atoms with Crippen molar-refractivity contribution in [3.05, 3.63) is 18.0 Å². The summed E-state index contributed by atoms with van der Waals surface area (Å²) in [4.78, 5) is 11.4. The van der Waals surface area contributed by atoms with Crippen LogP contribution in [0.15, 0.2) is 12.4 Å². The van der Waals surface area contributed by atoms with Gasteiger partial charge in [-0.1, -0.05) is 13.8 Å². The van der Waals surface area contributed by atoms with Crippen LogP contribution in [0.1, 0.15) is 38.7 Å². The quantitative estimate of drug-likeness (QED) is 0.802. The lowest BCUT2D eigenvalue weighted by Gasteiger charge is -2.23. The molecule has 1 aromatic heterocycles. The van der Waals surface area contributed by atoms with Gasteiger partial charge in [-0.3, -0.25) is 0 Å². The molecule has 1 heterocycles. The molecule has 0 bridgehead atoms. The zero-order valence-corrected chi connectivity index (χ0v) is 11.5. The van der Waals surface area contributed by atoms with Gasteiger partial charge in [0.1, 0.15) is 0 Å². The summed E-state index contributed by atoms with van der Waals surface area (Å²) in [6.07, 6.45) is 8.46. The number of rotatable bonds is 7. The van der Waals surface area contributed by atoms with E-state index in [1.54, 1.807) is 0 Å². The van der Waals surface area contributed by atoms with E-state index in [9.17, 15) is 0 Å². The second-order valence-electron chi connectivity index (χ2n) is 5.54. The molecule has 0 radical (unpaired) electrons. The number of hydrogen-bond donors (Lipinski definition) is 1. The van der Waals surface area contributed by atoms with E-state index in [1.165, 1.54) is 19.3 Å². The third kappa shape index (κ3) is 3.67. The van der Waals surface area contributed by atoms with E-state index >= 15 is 0 Å². The van der Waals surface area contributed by atoms with Crippen LogP contribution in [-0.2, 0) is 6.42 Å². The number of aromatic nitrogens is 2. The normalized spacial score (nSPS) is 15.1. The first-order valence-electron chi connectivity index (χ1n) is 6.98. The fourth-order valence-corrected chi connectivity index (χ4v) is 2.02. The maximum absolute atomic E-state index is 5.53. The Morgan fingerprint density at radius 1 is 1.33 bits per heavy atom. The van der Waals surface area contributed by atoms with Crippen LogP contribution in [0.2, 0.25) is 0 Å². The zero-order valence-electron chi connectivity index (χ0n) is 11.5. The van der Waals surface area contributed by atoms with Crippen LogP contribution >= 0.6 is 0 Å². The molecule has 0 unspecified atom stereocenters. The van der Waals surface area contributed by atoms with Gasteiger partial charge in [0.2, 0.25) is 5.95 Å². The molecule has 0 aliphatic heterocycles. The van der Waals surface area contributed by atoms with E-state index in [0.717, 1.165) is 30.4 Å². The zero-order chi connectivity index (χ0) is 13.0. The van der Waals surface area contributed by atoms with Crippen molar-refractivity contribution in [1.29, 1.82) is 0 Å². The van der Waals surface area contributed by atoms with Crippen LogP contribution in [0, 0.1) is 5.92 Å². The highest BCUT2D eigenvalue weighted by atomic mass is 15.3. The Hall–Kier alpha value is -1.16. The molecule has 0 aromatic carbocycles. The fourth-order valence-electron chi connectivity index (χ4n) is 2.02. The Balaban J connectivity index is 2.00. The average molecular weight is 248 g/mol. The van der Waals surface area contributed by atoms with Crippen molar-refractivity contribution in [2.75, 3.05) is 18.0 Å². The summed E-state index contributed by atoms with van der Waals surface area (Å²) < 4.78 is 0. The molecule has 4 heteroatoms. The molecule has 1 saturated carbocycles. The van der Waals surface area contributed by atoms with Gasteiger partial charge < -0.3 is 10.6 Å². The maximum Gasteiger partial charge on any atom is 0.225 e. The van der Waals surface area contributed by atoms with Gasteiger partial charge in [0.05, 0.1) is 0 Å². The highest BCUT2D eigenvalue weighted by molar-refractivity contribution is 5.34. The summed E-state index contributed by atoms with van der Waals surface area (Å²) in [6.45, 7) is 6.24. The molecule has 1 aromatic rings. The molecule has 0 atom stereocenters. The fraction of sp³-hybridized carbons (Fsp3) is 0.714. The molecule has 4 nitrogen and oxygen atoms in total. The van der Waals surface area contributed by atoms with Crippen molar-refractivity contribution in [2.24, 2.45) is 11.7 Å². The average Bonchev–Trinajstić information content (AvgIpc) is 3.16. The van der Waals surface area contributed by atoms with E-state index in [1.807, 2.05) is 12.4 Å². The Morgan fingerprint density at radius 3 is 2.50 bits per heavy atom. The molecule has 0 saturated heterocycles. The first kappa shape index (κ1) is 13.3. The monoisotopic (exact) mass is 248 g/mol. The maximum atomic E-state index is 5.53. The van der Waals surface area contributed by atoms with E-state index in [0.29, 0.717) is 12.6 Å². The predicted octanol–water partition coefficient (Wildman–Crippen LogP) is 1.99. The second-order valence-corrected chi connectivity index (χ2v) is 5.54. The Kier molecular flexibility index (Phi) is 4.53. The van der Waals surface area contributed by atoms with Crippen LogP contribution in [0.5, 0.6) is 0 Å². The Bertz CT molecular complexity index is 357. The van der Waals surface area contributed by atoms with Gasteiger partial charge in [0.25, 0.3) is 0 Å². The number of anilines is 1. The second kappa shape index (κ2) is 6.14. The first-order valence-corrected chi connectivity index (χ1v) is 6.98. The lowest BCUT2D eigenvalue weighted by atomic mass is 10.1. The van der Waals surface area contributed by atoms with Gasteiger partial charge in [-0.15, -0.1) is 0 Å². The molecule has 100 valence electrons. The summed E-state index contributed by atoms with van der Waals surface area (Å²) >= 11 is 0. The minimum Gasteiger partial charge on any atom is -0.338 e. The van der Waals surface area contributed by atoms with Crippen molar-refractivity contribution in [1.82, 2.24) is 9.97 Å².